The fraction of sp³-hybridized carbons (Fsp3) is 0.278. The molecular formula is C18H19N11O5. The van der Waals surface area contributed by atoms with Gasteiger partial charge in [-0.1, -0.05) is 0 Å². The Morgan fingerprint density at radius 2 is 1.38 bits per heavy atom. The van der Waals surface area contributed by atoms with Gasteiger partial charge in [0.15, 0.2) is 17.3 Å². The topological polar surface area (TPSA) is 208 Å². The maximum atomic E-state index is 12.7. The maximum Gasteiger partial charge on any atom is 0.390 e. The third-order valence-corrected chi connectivity index (χ3v) is 4.52. The molecule has 0 saturated carbocycles. The Balaban J connectivity index is 1.70. The van der Waals surface area contributed by atoms with Gasteiger partial charge in [-0.25, -0.2) is 0 Å². The van der Waals surface area contributed by atoms with Crippen LogP contribution in [0.25, 0.3) is 0 Å². The highest BCUT2D eigenvalue weighted by Crippen LogP contribution is 2.16. The third kappa shape index (κ3) is 5.04. The van der Waals surface area contributed by atoms with E-state index in [4.69, 9.17) is 5.26 Å². The van der Waals surface area contributed by atoms with Crippen molar-refractivity contribution in [3.8, 4) is 6.07 Å². The van der Waals surface area contributed by atoms with E-state index in [0.717, 1.165) is 10.7 Å². The number of carbonyl (C=O) groups excluding carboxylic acids is 3. The minimum atomic E-state index is -0.723. The zero-order valence-electron chi connectivity index (χ0n) is 18.3. The number of anilines is 2. The molecule has 3 heterocycles. The Labute approximate surface area is 191 Å². The van der Waals surface area contributed by atoms with Crippen LogP contribution >= 0.6 is 0 Å². The van der Waals surface area contributed by atoms with Crippen LogP contribution in [-0.4, -0.2) is 58.5 Å². The molecule has 0 aliphatic heterocycles. The van der Waals surface area contributed by atoms with Gasteiger partial charge in [0, 0.05) is 32.8 Å². The fourth-order valence-electron chi connectivity index (χ4n) is 2.92. The number of aromatic nitrogens is 6. The molecule has 16 heteroatoms. The van der Waals surface area contributed by atoms with Gasteiger partial charge in [0.1, 0.15) is 11.4 Å². The van der Waals surface area contributed by atoms with Crippen molar-refractivity contribution in [2.24, 2.45) is 21.1 Å². The molecule has 0 saturated heterocycles. The Hall–Kier alpha value is -5.07. The lowest BCUT2D eigenvalue weighted by molar-refractivity contribution is -0.389. The minimum Gasteiger partial charge on any atom is -0.358 e. The molecule has 3 rings (SSSR count). The summed E-state index contributed by atoms with van der Waals surface area (Å²) in [6.07, 6.45) is 0.157. The quantitative estimate of drug-likeness (QED) is 0.229. The molecular weight excluding hydrogens is 450 g/mol. The van der Waals surface area contributed by atoms with Crippen molar-refractivity contribution in [3.63, 3.8) is 0 Å². The van der Waals surface area contributed by atoms with Crippen molar-refractivity contribution in [2.75, 3.05) is 17.2 Å². The highest BCUT2D eigenvalue weighted by Gasteiger charge is 2.23. The standard InChI is InChI=1S/C18H19N11O5/c1-26-10(16(30)20-6-4-5-19)7-13(23-26)21-17(31)11-8-14(24-27(11)2)22-18(32)12-9-15(29(33)34)25-28(12)3/h7-9H,4,6H2,1-3H3,(H,20,30)(H,21,23,31)(H,22,24,32). The Kier molecular flexibility index (Phi) is 6.66. The number of rotatable bonds is 8. The van der Waals surface area contributed by atoms with Crippen LogP contribution in [0.4, 0.5) is 17.5 Å². The van der Waals surface area contributed by atoms with Crippen LogP contribution in [0, 0.1) is 21.4 Å². The molecule has 0 bridgehead atoms. The van der Waals surface area contributed by atoms with Gasteiger partial charge in [-0.15, -0.1) is 0 Å². The minimum absolute atomic E-state index is 0.0279. The first-order chi connectivity index (χ1) is 16.1. The van der Waals surface area contributed by atoms with Gasteiger partial charge < -0.3 is 26.1 Å². The van der Waals surface area contributed by atoms with Crippen LogP contribution < -0.4 is 16.0 Å². The van der Waals surface area contributed by atoms with E-state index >= 15 is 0 Å². The number of nitriles is 1. The Morgan fingerprint density at radius 3 is 1.85 bits per heavy atom. The lowest BCUT2D eigenvalue weighted by Crippen LogP contribution is -2.26. The normalized spacial score (nSPS) is 10.4. The van der Waals surface area contributed by atoms with Crippen molar-refractivity contribution < 1.29 is 19.3 Å². The van der Waals surface area contributed by atoms with Gasteiger partial charge in [-0.05, 0) is 4.92 Å². The number of carbonyl (C=O) groups is 3. The first kappa shape index (κ1) is 23.6. The number of nitrogens with one attached hydrogen (secondary N) is 3. The van der Waals surface area contributed by atoms with Gasteiger partial charge >= 0.3 is 5.82 Å². The number of hydrogen-bond acceptors (Lipinski definition) is 9. The van der Waals surface area contributed by atoms with Crippen LogP contribution in [0.1, 0.15) is 37.9 Å². The molecule has 16 nitrogen and oxygen atoms in total. The molecule has 3 amide bonds. The zero-order chi connectivity index (χ0) is 25.0. The first-order valence-electron chi connectivity index (χ1n) is 9.65. The van der Waals surface area contributed by atoms with Crippen LogP contribution in [0.3, 0.4) is 0 Å². The van der Waals surface area contributed by atoms with Crippen molar-refractivity contribution in [1.29, 1.82) is 5.26 Å². The van der Waals surface area contributed by atoms with Crippen LogP contribution in [0.2, 0.25) is 0 Å². The van der Waals surface area contributed by atoms with E-state index < -0.39 is 28.5 Å². The molecule has 176 valence electrons. The number of amides is 3. The molecule has 0 radical (unpaired) electrons. The molecule has 0 fully saturated rings. The average molecular weight is 469 g/mol. The molecule has 0 aliphatic rings. The molecule has 0 spiro atoms. The summed E-state index contributed by atoms with van der Waals surface area (Å²) in [7, 11) is 4.38. The fourth-order valence-corrected chi connectivity index (χ4v) is 2.92. The molecule has 0 aliphatic carbocycles. The third-order valence-electron chi connectivity index (χ3n) is 4.52. The molecule has 3 aromatic rings. The first-order valence-corrected chi connectivity index (χ1v) is 9.65. The number of aryl methyl sites for hydroxylation is 3. The van der Waals surface area contributed by atoms with Crippen LogP contribution in [0.5, 0.6) is 0 Å². The Bertz CT molecular complexity index is 1330. The summed E-state index contributed by atoms with van der Waals surface area (Å²) in [4.78, 5) is 47.4. The smallest absolute Gasteiger partial charge is 0.358 e. The second-order valence-electron chi connectivity index (χ2n) is 6.92. The van der Waals surface area contributed by atoms with Gasteiger partial charge in [0.2, 0.25) is 0 Å². The summed E-state index contributed by atoms with van der Waals surface area (Å²) in [6, 6.07) is 5.60. The highest BCUT2D eigenvalue weighted by molar-refractivity contribution is 6.06. The molecule has 34 heavy (non-hydrogen) atoms. The predicted molar refractivity (Wildman–Crippen MR) is 115 cm³/mol. The lowest BCUT2D eigenvalue weighted by atomic mass is 10.3. The molecule has 0 unspecified atom stereocenters. The summed E-state index contributed by atoms with van der Waals surface area (Å²) in [6.45, 7) is 0.178. The number of hydrogen-bond donors (Lipinski definition) is 3. The molecule has 3 N–H and O–H groups in total. The highest BCUT2D eigenvalue weighted by atomic mass is 16.6. The summed E-state index contributed by atoms with van der Waals surface area (Å²) in [5, 5.41) is 38.7. The van der Waals surface area contributed by atoms with E-state index in [1.807, 2.05) is 6.07 Å². The Morgan fingerprint density at radius 1 is 0.912 bits per heavy atom. The van der Waals surface area contributed by atoms with Crippen molar-refractivity contribution in [3.05, 3.63) is 45.4 Å². The van der Waals surface area contributed by atoms with E-state index in [2.05, 4.69) is 31.2 Å². The number of nitrogens with zero attached hydrogens (tertiary/aromatic N) is 8. The SMILES string of the molecule is Cn1nc(NC(=O)c2cc(NC(=O)c3cc([N+](=O)[O-])nn3C)nn2C)cc1C(=O)NCCC#N. The molecule has 0 atom stereocenters. The summed E-state index contributed by atoms with van der Waals surface area (Å²) in [5.74, 6) is -2.12. The van der Waals surface area contributed by atoms with Gasteiger partial charge in [0.05, 0.1) is 30.7 Å². The maximum absolute atomic E-state index is 12.7. The van der Waals surface area contributed by atoms with Crippen molar-refractivity contribution in [1.82, 2.24) is 34.7 Å². The van der Waals surface area contributed by atoms with Crippen LogP contribution in [-0.2, 0) is 21.1 Å². The van der Waals surface area contributed by atoms with E-state index in [0.29, 0.717) is 0 Å². The van der Waals surface area contributed by atoms with Crippen LogP contribution in [0.15, 0.2) is 18.2 Å². The van der Waals surface area contributed by atoms with Gasteiger partial charge in [-0.2, -0.15) is 20.1 Å². The monoisotopic (exact) mass is 469 g/mol. The summed E-state index contributed by atoms with van der Waals surface area (Å²) in [5.41, 5.74) is 0.172. The molecule has 0 aromatic carbocycles. The average Bonchev–Trinajstić information content (AvgIpc) is 3.44. The van der Waals surface area contributed by atoms with E-state index in [-0.39, 0.29) is 41.7 Å². The van der Waals surface area contributed by atoms with Crippen molar-refractivity contribution in [2.45, 2.75) is 6.42 Å². The second kappa shape index (κ2) is 9.60. The van der Waals surface area contributed by atoms with Gasteiger partial charge in [-0.3, -0.25) is 23.7 Å². The van der Waals surface area contributed by atoms with E-state index in [1.54, 1.807) is 0 Å². The van der Waals surface area contributed by atoms with E-state index in [9.17, 15) is 24.5 Å². The lowest BCUT2D eigenvalue weighted by Gasteiger charge is -2.01. The summed E-state index contributed by atoms with van der Waals surface area (Å²) >= 11 is 0. The van der Waals surface area contributed by atoms with Crippen molar-refractivity contribution >= 4 is 35.2 Å². The predicted octanol–water partition coefficient (Wildman–Crippen LogP) is -0.0566. The summed E-state index contributed by atoms with van der Waals surface area (Å²) < 4.78 is 3.55. The van der Waals surface area contributed by atoms with Gasteiger partial charge in [0.25, 0.3) is 17.7 Å². The second-order valence-corrected chi connectivity index (χ2v) is 6.92. The molecule has 3 aromatic heterocycles. The van der Waals surface area contributed by atoms with E-state index in [1.165, 1.54) is 42.6 Å². The zero-order valence-corrected chi connectivity index (χ0v) is 18.3. The largest absolute Gasteiger partial charge is 0.390 e. The number of nitro groups is 1.